The third kappa shape index (κ3) is 3.88. The zero-order valence-electron chi connectivity index (χ0n) is 19.3. The molecule has 4 N–H and O–H groups in total. The number of benzene rings is 1. The number of fused-ring (bicyclic) bond motifs is 2. The van der Waals surface area contributed by atoms with Gasteiger partial charge in [-0.15, -0.1) is 0 Å². The minimum absolute atomic E-state index is 0.0878. The second-order valence-electron chi connectivity index (χ2n) is 8.39. The van der Waals surface area contributed by atoms with Gasteiger partial charge in [-0.3, -0.25) is 9.89 Å². The maximum atomic E-state index is 13.4. The Balaban J connectivity index is 1.35. The van der Waals surface area contributed by atoms with Gasteiger partial charge in [0.1, 0.15) is 17.3 Å². The number of nitrogens with zero attached hydrogens (tertiary/aromatic N) is 4. The van der Waals surface area contributed by atoms with E-state index in [1.165, 1.54) is 12.1 Å². The number of amides is 1. The highest BCUT2D eigenvalue weighted by molar-refractivity contribution is 5.93. The molecule has 0 saturated heterocycles. The summed E-state index contributed by atoms with van der Waals surface area (Å²) in [6.45, 7) is 2.38. The number of imidazole rings is 1. The van der Waals surface area contributed by atoms with Crippen molar-refractivity contribution in [2.45, 2.75) is 19.9 Å². The molecule has 0 spiro atoms. The first-order valence-electron chi connectivity index (χ1n) is 11.5. The first-order chi connectivity index (χ1) is 17.6. The molecule has 178 valence electrons. The molecule has 0 radical (unpaired) electrons. The average molecular weight is 481 g/mol. The third-order valence-electron chi connectivity index (χ3n) is 6.05. The number of hydrogen-bond donors (Lipinski definition) is 4. The van der Waals surface area contributed by atoms with Gasteiger partial charge in [0.15, 0.2) is 11.5 Å². The van der Waals surface area contributed by atoms with Gasteiger partial charge in [0, 0.05) is 41.7 Å². The Labute approximate surface area is 204 Å². The molecule has 36 heavy (non-hydrogen) atoms. The lowest BCUT2D eigenvalue weighted by atomic mass is 10.0. The van der Waals surface area contributed by atoms with Gasteiger partial charge in [0.05, 0.1) is 23.3 Å². The predicted octanol–water partition coefficient (Wildman–Crippen LogP) is 4.39. The molecule has 1 aromatic carbocycles. The molecule has 0 saturated carbocycles. The second-order valence-corrected chi connectivity index (χ2v) is 8.39. The molecule has 9 nitrogen and oxygen atoms in total. The summed E-state index contributed by atoms with van der Waals surface area (Å²) in [5, 5.41) is 14.2. The fourth-order valence-electron chi connectivity index (χ4n) is 4.16. The van der Waals surface area contributed by atoms with Crippen molar-refractivity contribution in [2.24, 2.45) is 0 Å². The summed E-state index contributed by atoms with van der Waals surface area (Å²) in [6.07, 6.45) is 5.72. The molecule has 4 aromatic heterocycles. The Morgan fingerprint density at radius 3 is 2.64 bits per heavy atom. The Morgan fingerprint density at radius 2 is 1.86 bits per heavy atom. The maximum absolute atomic E-state index is 13.4. The lowest BCUT2D eigenvalue weighted by molar-refractivity contribution is -0.115. The van der Waals surface area contributed by atoms with Crippen LogP contribution in [0.25, 0.3) is 39.3 Å². The molecule has 0 bridgehead atoms. The van der Waals surface area contributed by atoms with Crippen LogP contribution in [-0.4, -0.2) is 36.0 Å². The molecule has 0 atom stereocenters. The SMILES string of the molecule is CCC(=O)Nc1ccc(-c2cnc3n[nH]c(-c4nc5c([nH]4)CNC=C5c4ccc(F)cc4)c3c2)cn1. The Bertz CT molecular complexity index is 1620. The quantitative estimate of drug-likeness (QED) is 0.296. The van der Waals surface area contributed by atoms with Crippen molar-refractivity contribution >= 4 is 28.3 Å². The van der Waals surface area contributed by atoms with E-state index in [0.29, 0.717) is 35.9 Å². The highest BCUT2D eigenvalue weighted by atomic mass is 19.1. The van der Waals surface area contributed by atoms with Gasteiger partial charge in [0.2, 0.25) is 5.91 Å². The van der Waals surface area contributed by atoms with Gasteiger partial charge >= 0.3 is 0 Å². The van der Waals surface area contributed by atoms with Crippen molar-refractivity contribution < 1.29 is 9.18 Å². The zero-order valence-corrected chi connectivity index (χ0v) is 19.3. The number of nitrogens with one attached hydrogen (secondary N) is 4. The first kappa shape index (κ1) is 21.7. The summed E-state index contributed by atoms with van der Waals surface area (Å²) >= 11 is 0. The van der Waals surface area contributed by atoms with Crippen molar-refractivity contribution in [1.82, 2.24) is 35.5 Å². The number of aromatic amines is 2. The molecule has 0 fully saturated rings. The monoisotopic (exact) mass is 480 g/mol. The van der Waals surface area contributed by atoms with Gasteiger partial charge < -0.3 is 15.6 Å². The van der Waals surface area contributed by atoms with Crippen LogP contribution in [0.15, 0.2) is 61.1 Å². The van der Waals surface area contributed by atoms with Gasteiger partial charge in [-0.2, -0.15) is 5.10 Å². The summed E-state index contributed by atoms with van der Waals surface area (Å²) in [4.78, 5) is 28.7. The van der Waals surface area contributed by atoms with Crippen LogP contribution in [0.5, 0.6) is 0 Å². The summed E-state index contributed by atoms with van der Waals surface area (Å²) in [6, 6.07) is 12.0. The molecule has 5 aromatic rings. The first-order valence-corrected chi connectivity index (χ1v) is 11.5. The Morgan fingerprint density at radius 1 is 1.06 bits per heavy atom. The van der Waals surface area contributed by atoms with E-state index in [1.807, 2.05) is 18.3 Å². The van der Waals surface area contributed by atoms with Crippen molar-refractivity contribution in [3.8, 4) is 22.6 Å². The molecular formula is C26H21FN8O. The number of H-pyrrole nitrogens is 2. The number of pyridine rings is 2. The molecule has 5 heterocycles. The van der Waals surface area contributed by atoms with Crippen molar-refractivity contribution in [3.63, 3.8) is 0 Å². The Hall–Kier alpha value is -4.86. The molecule has 1 aliphatic heterocycles. The van der Waals surface area contributed by atoms with Gasteiger partial charge in [-0.1, -0.05) is 19.1 Å². The smallest absolute Gasteiger partial charge is 0.225 e. The number of hydrogen-bond acceptors (Lipinski definition) is 6. The van der Waals surface area contributed by atoms with Crippen LogP contribution >= 0.6 is 0 Å². The molecule has 1 aliphatic rings. The molecule has 0 unspecified atom stereocenters. The topological polar surface area (TPSA) is 124 Å². The standard InChI is InChI=1S/C26H21FN8O/c1-2-22(36)32-21-8-5-15(10-29-21)16-9-18-24(34-35-25(18)30-11-16)26-31-20-13-28-12-19(23(20)33-26)14-3-6-17(27)7-4-14/h3-12,28H,2,13H2,1H3,(H,31,33)(H,29,32,36)(H,30,34,35). The van der Waals surface area contributed by atoms with Crippen LogP contribution in [0, 0.1) is 5.82 Å². The van der Waals surface area contributed by atoms with Crippen LogP contribution in [0.3, 0.4) is 0 Å². The minimum Gasteiger partial charge on any atom is -0.385 e. The highest BCUT2D eigenvalue weighted by Crippen LogP contribution is 2.32. The number of carbonyl (C=O) groups is 1. The van der Waals surface area contributed by atoms with E-state index in [2.05, 4.69) is 35.8 Å². The van der Waals surface area contributed by atoms with Gasteiger partial charge in [-0.25, -0.2) is 19.3 Å². The summed E-state index contributed by atoms with van der Waals surface area (Å²) in [7, 11) is 0. The van der Waals surface area contributed by atoms with E-state index in [1.54, 1.807) is 37.5 Å². The molecular weight excluding hydrogens is 459 g/mol. The molecule has 0 aliphatic carbocycles. The van der Waals surface area contributed by atoms with Crippen LogP contribution < -0.4 is 10.6 Å². The number of halogens is 1. The molecule has 6 rings (SSSR count). The van der Waals surface area contributed by atoms with Crippen LogP contribution in [0.1, 0.15) is 30.3 Å². The fourth-order valence-corrected chi connectivity index (χ4v) is 4.16. The van der Waals surface area contributed by atoms with E-state index in [9.17, 15) is 9.18 Å². The van der Waals surface area contributed by atoms with Gasteiger partial charge in [0.25, 0.3) is 0 Å². The van der Waals surface area contributed by atoms with Crippen LogP contribution in [-0.2, 0) is 11.3 Å². The second kappa shape index (κ2) is 8.73. The number of anilines is 1. The number of aromatic nitrogens is 6. The summed E-state index contributed by atoms with van der Waals surface area (Å²) in [5.74, 6) is 0.765. The number of rotatable bonds is 5. The van der Waals surface area contributed by atoms with E-state index < -0.39 is 0 Å². The number of carbonyl (C=O) groups excluding carboxylic acids is 1. The van der Waals surface area contributed by atoms with Crippen LogP contribution in [0.2, 0.25) is 0 Å². The summed E-state index contributed by atoms with van der Waals surface area (Å²) < 4.78 is 13.4. The normalized spacial score (nSPS) is 12.7. The molecule has 1 amide bonds. The van der Waals surface area contributed by atoms with E-state index in [-0.39, 0.29) is 11.7 Å². The predicted molar refractivity (Wildman–Crippen MR) is 134 cm³/mol. The van der Waals surface area contributed by atoms with E-state index in [0.717, 1.165) is 39.0 Å². The summed E-state index contributed by atoms with van der Waals surface area (Å²) in [5.41, 5.74) is 6.47. The lowest BCUT2D eigenvalue weighted by Crippen LogP contribution is -2.14. The third-order valence-corrected chi connectivity index (χ3v) is 6.05. The van der Waals surface area contributed by atoms with E-state index in [4.69, 9.17) is 4.98 Å². The zero-order chi connectivity index (χ0) is 24.6. The van der Waals surface area contributed by atoms with E-state index >= 15 is 0 Å². The van der Waals surface area contributed by atoms with Gasteiger partial charge in [-0.05, 0) is 35.9 Å². The lowest BCUT2D eigenvalue weighted by Gasteiger charge is -2.14. The van der Waals surface area contributed by atoms with Crippen molar-refractivity contribution in [2.75, 3.05) is 5.32 Å². The van der Waals surface area contributed by atoms with Crippen molar-refractivity contribution in [1.29, 1.82) is 0 Å². The average Bonchev–Trinajstić information content (AvgIpc) is 3.53. The largest absolute Gasteiger partial charge is 0.385 e. The van der Waals surface area contributed by atoms with Crippen molar-refractivity contribution in [3.05, 3.63) is 83.8 Å². The minimum atomic E-state index is -0.283. The molecule has 10 heteroatoms. The van der Waals surface area contributed by atoms with Crippen LogP contribution in [0.4, 0.5) is 10.2 Å². The maximum Gasteiger partial charge on any atom is 0.225 e. The Kier molecular flexibility index (Phi) is 5.25. The highest BCUT2D eigenvalue weighted by Gasteiger charge is 2.22. The fraction of sp³-hybridized carbons (Fsp3) is 0.115.